The summed E-state index contributed by atoms with van der Waals surface area (Å²) in [5, 5.41) is 3.43. The van der Waals surface area contributed by atoms with E-state index in [0.29, 0.717) is 19.1 Å². The van der Waals surface area contributed by atoms with Gasteiger partial charge in [0.2, 0.25) is 0 Å². The molecule has 4 rings (SSSR count). The molecule has 0 radical (unpaired) electrons. The van der Waals surface area contributed by atoms with Crippen LogP contribution in [-0.2, 0) is 9.47 Å². The fourth-order valence-electron chi connectivity index (χ4n) is 2.55. The van der Waals surface area contributed by atoms with Crippen LogP contribution in [0.4, 0.5) is 5.69 Å². The normalized spacial score (nSPS) is 22.6. The largest absolute Gasteiger partial charge is 0.440 e. The third kappa shape index (κ3) is 2.76. The van der Waals surface area contributed by atoms with E-state index < -0.39 is 5.79 Å². The van der Waals surface area contributed by atoms with Crippen LogP contribution in [0.25, 0.3) is 11.1 Å². The Morgan fingerprint density at radius 2 is 1.95 bits per heavy atom. The molecule has 1 saturated carbocycles. The maximum Gasteiger partial charge on any atom is 0.198 e. The third-order valence-electron chi connectivity index (χ3n) is 3.97. The standard InChI is InChI=1S/C16H20N2O3/c1-16(2)19-8-12(9-20-16)17-11-5-6-14-13(7-11)18-15(21-14)10-3-4-10/h5-7,10,12,17H,3-4,8-9H2,1-2H3. The van der Waals surface area contributed by atoms with Crippen molar-refractivity contribution in [1.29, 1.82) is 0 Å². The molecule has 1 aromatic heterocycles. The lowest BCUT2D eigenvalue weighted by atomic mass is 10.2. The van der Waals surface area contributed by atoms with E-state index in [1.54, 1.807) is 0 Å². The van der Waals surface area contributed by atoms with Crippen LogP contribution in [0.2, 0.25) is 0 Å². The van der Waals surface area contributed by atoms with Crippen LogP contribution >= 0.6 is 0 Å². The maximum atomic E-state index is 5.78. The first-order chi connectivity index (χ1) is 10.1. The zero-order chi connectivity index (χ0) is 14.4. The van der Waals surface area contributed by atoms with Crippen molar-refractivity contribution in [3.05, 3.63) is 24.1 Å². The molecule has 1 aliphatic heterocycles. The lowest BCUT2D eigenvalue weighted by molar-refractivity contribution is -0.247. The van der Waals surface area contributed by atoms with E-state index >= 15 is 0 Å². The quantitative estimate of drug-likeness (QED) is 0.939. The Labute approximate surface area is 123 Å². The van der Waals surface area contributed by atoms with E-state index in [9.17, 15) is 0 Å². The van der Waals surface area contributed by atoms with E-state index in [2.05, 4.69) is 10.3 Å². The molecule has 2 aliphatic rings. The average molecular weight is 288 g/mol. The highest BCUT2D eigenvalue weighted by atomic mass is 16.7. The minimum Gasteiger partial charge on any atom is -0.440 e. The molecule has 1 aliphatic carbocycles. The predicted octanol–water partition coefficient (Wildman–Crippen LogP) is 3.27. The number of fused-ring (bicyclic) bond motifs is 1. The molecule has 0 spiro atoms. The highest BCUT2D eigenvalue weighted by Gasteiger charge is 2.30. The van der Waals surface area contributed by atoms with Gasteiger partial charge in [-0.25, -0.2) is 4.98 Å². The van der Waals surface area contributed by atoms with Gasteiger partial charge in [0, 0.05) is 11.6 Å². The number of oxazole rings is 1. The predicted molar refractivity (Wildman–Crippen MR) is 79.4 cm³/mol. The van der Waals surface area contributed by atoms with Crippen molar-refractivity contribution in [2.45, 2.75) is 44.4 Å². The van der Waals surface area contributed by atoms with Gasteiger partial charge in [0.25, 0.3) is 0 Å². The Kier molecular flexibility index (Phi) is 2.94. The van der Waals surface area contributed by atoms with Crippen LogP contribution in [0.1, 0.15) is 38.5 Å². The fourth-order valence-corrected chi connectivity index (χ4v) is 2.55. The van der Waals surface area contributed by atoms with Gasteiger partial charge in [0.05, 0.1) is 19.3 Å². The van der Waals surface area contributed by atoms with E-state index in [-0.39, 0.29) is 6.04 Å². The summed E-state index contributed by atoms with van der Waals surface area (Å²) < 4.78 is 17.1. The number of hydrogen-bond acceptors (Lipinski definition) is 5. The first-order valence-electron chi connectivity index (χ1n) is 7.54. The summed E-state index contributed by atoms with van der Waals surface area (Å²) in [5.74, 6) is 0.942. The van der Waals surface area contributed by atoms with Gasteiger partial charge in [-0.05, 0) is 44.9 Å². The molecule has 0 atom stereocenters. The van der Waals surface area contributed by atoms with E-state index in [1.807, 2.05) is 32.0 Å². The lowest BCUT2D eigenvalue weighted by Crippen LogP contribution is -2.45. The molecule has 5 heteroatoms. The minimum atomic E-state index is -0.479. The lowest BCUT2D eigenvalue weighted by Gasteiger charge is -2.35. The van der Waals surface area contributed by atoms with Crippen LogP contribution < -0.4 is 5.32 Å². The van der Waals surface area contributed by atoms with Crippen molar-refractivity contribution in [3.8, 4) is 0 Å². The molecule has 1 N–H and O–H groups in total. The summed E-state index contributed by atoms with van der Waals surface area (Å²) in [6, 6.07) is 6.18. The first kappa shape index (κ1) is 13.1. The van der Waals surface area contributed by atoms with Gasteiger partial charge in [0.15, 0.2) is 17.3 Å². The van der Waals surface area contributed by atoms with Crippen LogP contribution in [0.15, 0.2) is 22.6 Å². The molecule has 5 nitrogen and oxygen atoms in total. The van der Waals surface area contributed by atoms with Gasteiger partial charge < -0.3 is 19.2 Å². The minimum absolute atomic E-state index is 0.158. The molecule has 112 valence electrons. The molecule has 0 amide bonds. The van der Waals surface area contributed by atoms with Crippen molar-refractivity contribution in [2.24, 2.45) is 0 Å². The number of nitrogens with one attached hydrogen (secondary N) is 1. The number of benzene rings is 1. The van der Waals surface area contributed by atoms with Crippen LogP contribution in [0.5, 0.6) is 0 Å². The van der Waals surface area contributed by atoms with E-state index in [4.69, 9.17) is 13.9 Å². The number of anilines is 1. The third-order valence-corrected chi connectivity index (χ3v) is 3.97. The Morgan fingerprint density at radius 1 is 1.19 bits per heavy atom. The monoisotopic (exact) mass is 288 g/mol. The van der Waals surface area contributed by atoms with Crippen molar-refractivity contribution in [3.63, 3.8) is 0 Å². The van der Waals surface area contributed by atoms with Gasteiger partial charge in [-0.3, -0.25) is 0 Å². The van der Waals surface area contributed by atoms with Gasteiger partial charge >= 0.3 is 0 Å². The topological polar surface area (TPSA) is 56.5 Å². The molecule has 2 fully saturated rings. The number of ether oxygens (including phenoxy) is 2. The molecule has 1 aromatic carbocycles. The van der Waals surface area contributed by atoms with Crippen LogP contribution in [-0.4, -0.2) is 30.0 Å². The Morgan fingerprint density at radius 3 is 2.67 bits per heavy atom. The molecule has 2 aromatic rings. The SMILES string of the molecule is CC1(C)OCC(Nc2ccc3oc(C4CC4)nc3c2)CO1. The van der Waals surface area contributed by atoms with Gasteiger partial charge in [0.1, 0.15) is 5.52 Å². The zero-order valence-corrected chi connectivity index (χ0v) is 12.4. The van der Waals surface area contributed by atoms with Crippen molar-refractivity contribution in [1.82, 2.24) is 4.98 Å². The highest BCUT2D eigenvalue weighted by molar-refractivity contribution is 5.77. The van der Waals surface area contributed by atoms with E-state index in [0.717, 1.165) is 22.7 Å². The van der Waals surface area contributed by atoms with E-state index in [1.165, 1.54) is 12.8 Å². The van der Waals surface area contributed by atoms with Gasteiger partial charge in [-0.2, -0.15) is 0 Å². The molecular formula is C16H20N2O3. The average Bonchev–Trinajstić information content (AvgIpc) is 3.21. The van der Waals surface area contributed by atoms with Gasteiger partial charge in [-0.1, -0.05) is 0 Å². The van der Waals surface area contributed by atoms with Crippen molar-refractivity contribution >= 4 is 16.8 Å². The summed E-state index contributed by atoms with van der Waals surface area (Å²) in [7, 11) is 0. The highest BCUT2D eigenvalue weighted by Crippen LogP contribution is 2.40. The summed E-state index contributed by atoms with van der Waals surface area (Å²) in [6.07, 6.45) is 2.40. The second kappa shape index (κ2) is 4.71. The Balaban J connectivity index is 1.49. The zero-order valence-electron chi connectivity index (χ0n) is 12.4. The number of rotatable bonds is 3. The molecule has 0 bridgehead atoms. The number of aromatic nitrogens is 1. The summed E-state index contributed by atoms with van der Waals surface area (Å²) in [5.41, 5.74) is 2.80. The molecule has 2 heterocycles. The summed E-state index contributed by atoms with van der Waals surface area (Å²) in [6.45, 7) is 5.14. The summed E-state index contributed by atoms with van der Waals surface area (Å²) >= 11 is 0. The van der Waals surface area contributed by atoms with Crippen LogP contribution in [0.3, 0.4) is 0 Å². The summed E-state index contributed by atoms with van der Waals surface area (Å²) in [4.78, 5) is 4.58. The second-order valence-electron chi connectivity index (χ2n) is 6.37. The Hall–Kier alpha value is -1.59. The molecule has 21 heavy (non-hydrogen) atoms. The molecule has 1 saturated heterocycles. The van der Waals surface area contributed by atoms with Crippen molar-refractivity contribution in [2.75, 3.05) is 18.5 Å². The maximum absolute atomic E-state index is 5.78. The molecule has 0 unspecified atom stereocenters. The van der Waals surface area contributed by atoms with Crippen LogP contribution in [0, 0.1) is 0 Å². The smallest absolute Gasteiger partial charge is 0.198 e. The fraction of sp³-hybridized carbons (Fsp3) is 0.562. The van der Waals surface area contributed by atoms with Crippen molar-refractivity contribution < 1.29 is 13.9 Å². The number of hydrogen-bond donors (Lipinski definition) is 1. The Bertz CT molecular complexity index is 651. The van der Waals surface area contributed by atoms with Gasteiger partial charge in [-0.15, -0.1) is 0 Å². The first-order valence-corrected chi connectivity index (χ1v) is 7.54. The number of nitrogens with zero attached hydrogens (tertiary/aromatic N) is 1. The molecular weight excluding hydrogens is 268 g/mol. The second-order valence-corrected chi connectivity index (χ2v) is 6.37.